The molecule has 2 bridgehead atoms. The molecule has 1 radical (unpaired) electrons. The van der Waals surface area contributed by atoms with Crippen molar-refractivity contribution in [3.63, 3.8) is 0 Å². The van der Waals surface area contributed by atoms with E-state index in [4.69, 9.17) is 9.84 Å². The summed E-state index contributed by atoms with van der Waals surface area (Å²) >= 11 is 0. The molecule has 2 aromatic heterocycles. The summed E-state index contributed by atoms with van der Waals surface area (Å²) < 4.78 is 59.9. The Balaban J connectivity index is 0.00000274. The average molecular weight is 550 g/mol. The Morgan fingerprint density at radius 2 is 1.91 bits per heavy atom. The maximum Gasteiger partial charge on any atom is 0.417 e. The van der Waals surface area contributed by atoms with Gasteiger partial charge in [-0.05, 0) is 31.2 Å². The van der Waals surface area contributed by atoms with Gasteiger partial charge in [0.25, 0.3) is 0 Å². The molecule has 3 aliphatic rings. The van der Waals surface area contributed by atoms with Crippen molar-refractivity contribution in [2.75, 3.05) is 0 Å². The zero-order chi connectivity index (χ0) is 23.4. The molecule has 1 aromatic carbocycles. The predicted molar refractivity (Wildman–Crippen MR) is 109 cm³/mol. The van der Waals surface area contributed by atoms with Crippen LogP contribution in [0.4, 0.5) is 23.2 Å². The number of aromatic nitrogens is 4. The van der Waals surface area contributed by atoms with Crippen molar-refractivity contribution in [2.45, 2.75) is 57.3 Å². The Labute approximate surface area is 218 Å². The van der Waals surface area contributed by atoms with Crippen molar-refractivity contribution >= 4 is 5.69 Å². The van der Waals surface area contributed by atoms with Crippen LogP contribution >= 0.6 is 0 Å². The number of rotatable bonds is 5. The molecule has 3 fully saturated rings. The van der Waals surface area contributed by atoms with E-state index in [-0.39, 0.29) is 50.1 Å². The quantitative estimate of drug-likeness (QED) is 0.379. The monoisotopic (exact) mass is 550 g/mol. The third kappa shape index (κ3) is 4.38. The maximum atomic E-state index is 13.6. The van der Waals surface area contributed by atoms with E-state index >= 15 is 0 Å². The number of piperidine rings is 1. The van der Waals surface area contributed by atoms with E-state index in [1.165, 1.54) is 12.1 Å². The van der Waals surface area contributed by atoms with Crippen molar-refractivity contribution in [1.82, 2.24) is 25.2 Å². The molecule has 7 nitrogen and oxygen atoms in total. The smallest absolute Gasteiger partial charge is 0.417 e. The van der Waals surface area contributed by atoms with Crippen LogP contribution in [0.15, 0.2) is 35.0 Å². The molecule has 2 saturated heterocycles. The summed E-state index contributed by atoms with van der Waals surface area (Å²) in [6, 6.07) is 3.68. The summed E-state index contributed by atoms with van der Waals surface area (Å²) in [6.45, 7) is 3.85. The number of nitrogens with zero attached hydrogens (tertiary/aromatic N) is 6. The molecule has 1 saturated carbocycles. The molecule has 0 amide bonds. The van der Waals surface area contributed by atoms with Gasteiger partial charge in [0, 0.05) is 45.2 Å². The van der Waals surface area contributed by atoms with E-state index in [2.05, 4.69) is 27.1 Å². The van der Waals surface area contributed by atoms with Crippen molar-refractivity contribution in [1.29, 1.82) is 0 Å². The minimum Gasteiger partial charge on any atom is -0.619 e. The van der Waals surface area contributed by atoms with Crippen LogP contribution in [0.5, 0.6) is 0 Å². The Morgan fingerprint density at radius 3 is 2.53 bits per heavy atom. The molecule has 4 heterocycles. The Morgan fingerprint density at radius 1 is 1.18 bits per heavy atom. The first-order valence-corrected chi connectivity index (χ1v) is 10.7. The Kier molecular flexibility index (Phi) is 6.83. The van der Waals surface area contributed by atoms with Gasteiger partial charge in [-0.25, -0.2) is 14.4 Å². The Bertz CT molecular complexity index is 1170. The van der Waals surface area contributed by atoms with Gasteiger partial charge in [-0.15, -0.1) is 15.9 Å². The summed E-state index contributed by atoms with van der Waals surface area (Å²) in [4.78, 5) is 7.49. The van der Waals surface area contributed by atoms with Crippen LogP contribution in [0, 0.1) is 18.7 Å². The second-order valence-corrected chi connectivity index (χ2v) is 8.63. The fraction of sp³-hybridized carbons (Fsp3) is 0.455. The first-order chi connectivity index (χ1) is 15.7. The van der Waals surface area contributed by atoms with Crippen molar-refractivity contribution in [2.24, 2.45) is 5.92 Å². The molecule has 2 aliphatic heterocycles. The van der Waals surface area contributed by atoms with Crippen LogP contribution in [0.2, 0.25) is 0 Å². The Hall–Kier alpha value is -1.98. The molecule has 34 heavy (non-hydrogen) atoms. The first kappa shape index (κ1) is 25.1. The summed E-state index contributed by atoms with van der Waals surface area (Å²) in [6.07, 6.45) is 0.557. The van der Waals surface area contributed by atoms with E-state index < -0.39 is 23.1 Å². The molecule has 0 spiro atoms. The van der Waals surface area contributed by atoms with Crippen LogP contribution < -0.4 is 0 Å². The van der Waals surface area contributed by atoms with Gasteiger partial charge in [0.15, 0.2) is 11.6 Å². The molecule has 3 atom stereocenters. The molecular weight excluding hydrogens is 529 g/mol. The van der Waals surface area contributed by atoms with Crippen LogP contribution in [-0.2, 0) is 44.4 Å². The van der Waals surface area contributed by atoms with Crippen LogP contribution in [0.25, 0.3) is 16.8 Å². The van der Waals surface area contributed by atoms with Gasteiger partial charge in [0.05, 0.1) is 23.5 Å². The van der Waals surface area contributed by atoms with Crippen molar-refractivity contribution < 1.29 is 54.7 Å². The van der Waals surface area contributed by atoms with Crippen LogP contribution in [0.3, 0.4) is 0 Å². The molecule has 6 rings (SSSR count). The summed E-state index contributed by atoms with van der Waals surface area (Å²) in [5, 5.41) is 10.1. The fourth-order valence-electron chi connectivity index (χ4n) is 4.96. The molecule has 3 unspecified atom stereocenters. The topological polar surface area (TPSA) is 82.0 Å². The van der Waals surface area contributed by atoms with E-state index in [0.717, 1.165) is 44.1 Å². The van der Waals surface area contributed by atoms with Gasteiger partial charge in [-0.3, -0.25) is 0 Å². The number of fused-ring (bicyclic) bond motifs is 2. The number of alkyl halides is 3. The second kappa shape index (κ2) is 9.24. The normalized spacial score (nSPS) is 24.3. The second-order valence-electron chi connectivity index (χ2n) is 8.63. The summed E-state index contributed by atoms with van der Waals surface area (Å²) in [7, 11) is 0. The number of aryl methyl sites for hydroxylation is 1. The molecule has 177 valence electrons. The minimum atomic E-state index is -4.63. The van der Waals surface area contributed by atoms with Gasteiger partial charge in [-0.2, -0.15) is 13.2 Å². The molecule has 3 aromatic rings. The van der Waals surface area contributed by atoms with E-state index in [9.17, 15) is 17.6 Å². The first-order valence-electron chi connectivity index (χ1n) is 10.7. The number of benzene rings is 1. The number of halogens is 4. The molecule has 12 heteroatoms. The van der Waals surface area contributed by atoms with Crippen LogP contribution in [-0.4, -0.2) is 31.2 Å². The summed E-state index contributed by atoms with van der Waals surface area (Å²) in [5.74, 6) is 0.443. The molecule has 0 N–H and O–H groups in total. The average Bonchev–Trinajstić information content (AvgIpc) is 3.23. The predicted octanol–water partition coefficient (Wildman–Crippen LogP) is 5.70. The van der Waals surface area contributed by atoms with Gasteiger partial charge < -0.3 is 14.9 Å². The number of hydrogen-bond donors (Lipinski definition) is 0. The molecule has 1 aliphatic carbocycles. The van der Waals surface area contributed by atoms with E-state index in [1.807, 2.05) is 5.01 Å². The van der Waals surface area contributed by atoms with Crippen LogP contribution in [0.1, 0.15) is 50.0 Å². The van der Waals surface area contributed by atoms with Gasteiger partial charge in [-0.1, -0.05) is 31.5 Å². The minimum absolute atomic E-state index is 0. The SMILES string of the molecule is CCC1CC2CC(c3nnc(C)o3)(C1)N2[N-]c1ccc(C(F)(F)F)c(-c2ncc(F)cn2)c1.[Y]. The summed E-state index contributed by atoms with van der Waals surface area (Å²) in [5.41, 5.74) is 3.28. The zero-order valence-corrected chi connectivity index (χ0v) is 21.4. The largest absolute Gasteiger partial charge is 0.619 e. The standard InChI is InChI=1S/C22H21F4N6O.Y/c1-3-13-6-16-9-21(8-13,20-30-29-12(2)33-20)32(16)31-15-4-5-18(22(24,25)26)17(7-15)19-27-10-14(23)11-28-19;/h4-5,7,10-11,13,16H,3,6,8-9H2,1-2H3;/q-1;. The van der Waals surface area contributed by atoms with E-state index in [1.54, 1.807) is 6.92 Å². The molecular formula is C22H21F4N6OY-. The van der Waals surface area contributed by atoms with Gasteiger partial charge in [0.1, 0.15) is 0 Å². The zero-order valence-electron chi connectivity index (χ0n) is 18.6. The third-order valence-corrected chi connectivity index (χ3v) is 6.48. The fourth-order valence-corrected chi connectivity index (χ4v) is 4.96. The van der Waals surface area contributed by atoms with Gasteiger partial charge >= 0.3 is 6.18 Å². The third-order valence-electron chi connectivity index (χ3n) is 6.48. The van der Waals surface area contributed by atoms with Crippen molar-refractivity contribution in [3.8, 4) is 11.4 Å². The maximum absolute atomic E-state index is 13.6. The van der Waals surface area contributed by atoms with Crippen molar-refractivity contribution in [3.05, 3.63) is 59.2 Å². The van der Waals surface area contributed by atoms with Gasteiger partial charge in [0.2, 0.25) is 11.8 Å². The number of hydrogen-bond acceptors (Lipinski definition) is 6. The van der Waals surface area contributed by atoms with E-state index in [0.29, 0.717) is 23.4 Å².